The minimum atomic E-state index is -0.877. The minimum absolute atomic E-state index is 0.0146. The molecule has 0 atom stereocenters. The molecule has 7 heteroatoms. The van der Waals surface area contributed by atoms with Crippen LogP contribution in [0.15, 0.2) is 33.6 Å². The van der Waals surface area contributed by atoms with Crippen LogP contribution >= 0.6 is 0 Å². The van der Waals surface area contributed by atoms with Crippen molar-refractivity contribution in [2.75, 3.05) is 0 Å². The lowest BCUT2D eigenvalue weighted by Gasteiger charge is -2.19. The third kappa shape index (κ3) is 3.42. The first-order valence-electron chi connectivity index (χ1n) is 9.64. The molecule has 4 rings (SSSR count). The molecule has 1 aliphatic rings. The number of pyridine rings is 1. The lowest BCUT2D eigenvalue weighted by molar-refractivity contribution is 0.417. The van der Waals surface area contributed by atoms with Crippen molar-refractivity contribution in [3.05, 3.63) is 68.5 Å². The molecule has 0 aliphatic heterocycles. The van der Waals surface area contributed by atoms with Crippen LogP contribution in [0.1, 0.15) is 47.8 Å². The topological polar surface area (TPSA) is 92.1 Å². The monoisotopic (exact) mass is 393 g/mol. The van der Waals surface area contributed by atoms with Gasteiger partial charge in [0.25, 0.3) is 5.56 Å². The summed E-state index contributed by atoms with van der Waals surface area (Å²) in [4.78, 5) is 13.0. The minimum Gasteiger partial charge on any atom is -0.505 e. The number of benzene rings is 1. The molecule has 1 aromatic carbocycles. The van der Waals surface area contributed by atoms with Gasteiger partial charge in [0.05, 0.1) is 12.1 Å². The van der Waals surface area contributed by atoms with Crippen molar-refractivity contribution in [3.63, 3.8) is 0 Å². The van der Waals surface area contributed by atoms with E-state index in [0.717, 1.165) is 61.1 Å². The number of nitriles is 1. The third-order valence-electron chi connectivity index (χ3n) is 5.42. The van der Waals surface area contributed by atoms with Gasteiger partial charge in [0, 0.05) is 22.9 Å². The van der Waals surface area contributed by atoms with Gasteiger partial charge in [-0.25, -0.2) is 4.39 Å². The molecule has 148 valence electrons. The fraction of sp³-hybridized carbons (Fsp3) is 0.318. The molecule has 0 bridgehead atoms. The summed E-state index contributed by atoms with van der Waals surface area (Å²) < 4.78 is 20.6. The van der Waals surface area contributed by atoms with Crippen molar-refractivity contribution < 1.29 is 14.0 Å². The van der Waals surface area contributed by atoms with E-state index in [2.05, 4.69) is 11.2 Å². The van der Waals surface area contributed by atoms with Gasteiger partial charge in [-0.1, -0.05) is 12.1 Å². The Kier molecular flexibility index (Phi) is 4.93. The normalized spacial score (nSPS) is 13.1. The predicted molar refractivity (Wildman–Crippen MR) is 104 cm³/mol. The number of aromatic hydroxyl groups is 1. The van der Waals surface area contributed by atoms with Crippen LogP contribution in [0.25, 0.3) is 11.3 Å². The molecule has 29 heavy (non-hydrogen) atoms. The first-order chi connectivity index (χ1) is 14.0. The van der Waals surface area contributed by atoms with E-state index in [1.807, 2.05) is 13.0 Å². The number of hydrogen-bond donors (Lipinski definition) is 1. The number of aromatic nitrogens is 2. The number of fused-ring (bicyclic) bond motifs is 1. The maximum atomic E-state index is 13.5. The van der Waals surface area contributed by atoms with E-state index in [1.54, 1.807) is 10.6 Å². The zero-order chi connectivity index (χ0) is 20.5. The molecule has 6 nitrogen and oxygen atoms in total. The highest BCUT2D eigenvalue weighted by Gasteiger charge is 2.19. The molecule has 2 heterocycles. The summed E-state index contributed by atoms with van der Waals surface area (Å²) in [5, 5.41) is 22.9. The van der Waals surface area contributed by atoms with Crippen LogP contribution in [-0.4, -0.2) is 14.8 Å². The van der Waals surface area contributed by atoms with Gasteiger partial charge < -0.3 is 14.2 Å². The lowest BCUT2D eigenvalue weighted by Crippen LogP contribution is -2.30. The van der Waals surface area contributed by atoms with E-state index in [0.29, 0.717) is 5.69 Å². The molecule has 0 spiro atoms. The summed E-state index contributed by atoms with van der Waals surface area (Å²) in [6.07, 6.45) is 4.59. The van der Waals surface area contributed by atoms with Gasteiger partial charge in [-0.3, -0.25) is 4.79 Å². The molecule has 0 fully saturated rings. The Morgan fingerprint density at radius 2 is 2.07 bits per heavy atom. The highest BCUT2D eigenvalue weighted by molar-refractivity contribution is 5.68. The highest BCUT2D eigenvalue weighted by atomic mass is 19.1. The van der Waals surface area contributed by atoms with Gasteiger partial charge in [-0.15, -0.1) is 0 Å². The zero-order valence-corrected chi connectivity index (χ0v) is 16.0. The number of nitrogens with zero attached hydrogens (tertiary/aromatic N) is 3. The smallest absolute Gasteiger partial charge is 0.254 e. The van der Waals surface area contributed by atoms with E-state index >= 15 is 0 Å². The number of phenols is 1. The standard InChI is InChI=1S/C22H20FN3O3/c1-2-16-7-13-5-3-4-6-17(13)22(28)26(16)12-15-9-21(29-25-15)18-10-20(27)19(23)8-14(18)11-24/h7-10,27H,2-6,12H2,1H3. The maximum absolute atomic E-state index is 13.5. The van der Waals surface area contributed by atoms with Crippen molar-refractivity contribution >= 4 is 0 Å². The molecule has 0 saturated heterocycles. The van der Waals surface area contributed by atoms with Gasteiger partial charge in [0.2, 0.25) is 0 Å². The fourth-order valence-corrected chi connectivity index (χ4v) is 3.90. The van der Waals surface area contributed by atoms with Gasteiger partial charge in [-0.2, -0.15) is 5.26 Å². The summed E-state index contributed by atoms with van der Waals surface area (Å²) >= 11 is 0. The average Bonchev–Trinajstić information content (AvgIpc) is 3.20. The summed E-state index contributed by atoms with van der Waals surface area (Å²) in [7, 11) is 0. The molecular formula is C22H20FN3O3. The first kappa shape index (κ1) is 18.9. The number of aryl methyl sites for hydroxylation is 2. The van der Waals surface area contributed by atoms with Gasteiger partial charge in [-0.05, 0) is 55.9 Å². The largest absolute Gasteiger partial charge is 0.505 e. The number of hydrogen-bond acceptors (Lipinski definition) is 5. The van der Waals surface area contributed by atoms with Crippen LogP contribution in [0.2, 0.25) is 0 Å². The van der Waals surface area contributed by atoms with Gasteiger partial charge in [0.1, 0.15) is 11.8 Å². The Hall–Kier alpha value is -3.40. The highest BCUT2D eigenvalue weighted by Crippen LogP contribution is 2.30. The summed E-state index contributed by atoms with van der Waals surface area (Å²) in [6.45, 7) is 2.25. The van der Waals surface area contributed by atoms with Crippen molar-refractivity contribution in [3.8, 4) is 23.1 Å². The van der Waals surface area contributed by atoms with Crippen LogP contribution < -0.4 is 5.56 Å². The van der Waals surface area contributed by atoms with Crippen molar-refractivity contribution in [2.24, 2.45) is 0 Å². The Bertz CT molecular complexity index is 1190. The summed E-state index contributed by atoms with van der Waals surface area (Å²) in [5.41, 5.74) is 3.78. The predicted octanol–water partition coefficient (Wildman–Crippen LogP) is 3.71. The van der Waals surface area contributed by atoms with Crippen LogP contribution in [0.4, 0.5) is 4.39 Å². The van der Waals surface area contributed by atoms with Gasteiger partial charge in [0.15, 0.2) is 17.3 Å². The molecule has 2 aromatic heterocycles. The first-order valence-corrected chi connectivity index (χ1v) is 9.64. The van der Waals surface area contributed by atoms with E-state index < -0.39 is 11.6 Å². The number of phenolic OH excluding ortho intramolecular Hbond substituents is 1. The van der Waals surface area contributed by atoms with E-state index in [1.165, 1.54) is 0 Å². The second-order valence-corrected chi connectivity index (χ2v) is 7.23. The Morgan fingerprint density at radius 1 is 1.28 bits per heavy atom. The average molecular weight is 393 g/mol. The lowest BCUT2D eigenvalue weighted by atomic mass is 9.92. The van der Waals surface area contributed by atoms with Crippen molar-refractivity contribution in [2.45, 2.75) is 45.6 Å². The Labute approximate surface area is 166 Å². The third-order valence-corrected chi connectivity index (χ3v) is 5.42. The molecule has 1 N–H and O–H groups in total. The van der Waals surface area contributed by atoms with Crippen LogP contribution in [-0.2, 0) is 25.8 Å². The van der Waals surface area contributed by atoms with E-state index in [4.69, 9.17) is 4.52 Å². The second kappa shape index (κ2) is 7.55. The van der Waals surface area contributed by atoms with Crippen molar-refractivity contribution in [1.29, 1.82) is 5.26 Å². The van der Waals surface area contributed by atoms with E-state index in [9.17, 15) is 19.6 Å². The van der Waals surface area contributed by atoms with E-state index in [-0.39, 0.29) is 29.0 Å². The molecule has 0 radical (unpaired) electrons. The Morgan fingerprint density at radius 3 is 2.83 bits per heavy atom. The quantitative estimate of drug-likeness (QED) is 0.730. The summed E-state index contributed by atoms with van der Waals surface area (Å²) in [5.74, 6) is -1.22. The molecule has 0 saturated carbocycles. The molecule has 0 unspecified atom stereocenters. The zero-order valence-electron chi connectivity index (χ0n) is 16.0. The van der Waals surface area contributed by atoms with Crippen LogP contribution in [0.5, 0.6) is 5.75 Å². The SMILES string of the molecule is CCc1cc2c(c(=O)n1Cc1cc(-c3cc(O)c(F)cc3C#N)on1)CCCC2. The fourth-order valence-electron chi connectivity index (χ4n) is 3.90. The van der Waals surface area contributed by atoms with Crippen LogP contribution in [0.3, 0.4) is 0 Å². The number of rotatable bonds is 4. The second-order valence-electron chi connectivity index (χ2n) is 7.23. The van der Waals surface area contributed by atoms with Crippen LogP contribution in [0, 0.1) is 17.1 Å². The number of halogens is 1. The van der Waals surface area contributed by atoms with Crippen molar-refractivity contribution in [1.82, 2.24) is 9.72 Å². The Balaban J connectivity index is 1.72. The molecule has 3 aromatic rings. The molecular weight excluding hydrogens is 373 g/mol. The molecule has 0 amide bonds. The summed E-state index contributed by atoms with van der Waals surface area (Å²) in [6, 6.07) is 7.71. The molecule has 1 aliphatic carbocycles. The van der Waals surface area contributed by atoms with Gasteiger partial charge >= 0.3 is 0 Å². The maximum Gasteiger partial charge on any atom is 0.254 e.